The number of carbonyl (C=O) groups is 2. The van der Waals surface area contributed by atoms with Gasteiger partial charge in [-0.15, -0.1) is 11.3 Å². The Hall–Kier alpha value is -1.66. The monoisotopic (exact) mass is 381 g/mol. The van der Waals surface area contributed by atoms with E-state index in [-0.39, 0.29) is 5.91 Å². The first kappa shape index (κ1) is 16.7. The van der Waals surface area contributed by atoms with Gasteiger partial charge in [-0.05, 0) is 47.0 Å². The molecule has 1 unspecified atom stereocenters. The molecule has 1 aromatic carbocycles. The van der Waals surface area contributed by atoms with E-state index in [2.05, 4.69) is 21.2 Å². The maximum Gasteiger partial charge on any atom is 0.349 e. The third-order valence-corrected chi connectivity index (χ3v) is 4.59. The number of benzene rings is 1. The van der Waals surface area contributed by atoms with Gasteiger partial charge in [0, 0.05) is 6.54 Å². The van der Waals surface area contributed by atoms with E-state index < -0.39 is 12.1 Å². The zero-order valence-corrected chi connectivity index (χ0v) is 14.4. The molecule has 0 fully saturated rings. The van der Waals surface area contributed by atoms with Crippen LogP contribution in [0, 0.1) is 0 Å². The second-order valence-corrected chi connectivity index (χ2v) is 7.14. The molecule has 0 saturated carbocycles. The highest BCUT2D eigenvalue weighted by Gasteiger charge is 2.19. The fourth-order valence-electron chi connectivity index (χ4n) is 1.81. The SMILES string of the molecule is CC(OC(=O)c1ccc(Br)s1)C(=O)NCCc1ccccc1. The summed E-state index contributed by atoms with van der Waals surface area (Å²) in [4.78, 5) is 24.2. The Labute approximate surface area is 141 Å². The fraction of sp³-hybridized carbons (Fsp3) is 0.250. The number of hydrogen-bond donors (Lipinski definition) is 1. The molecule has 116 valence electrons. The molecule has 1 N–H and O–H groups in total. The van der Waals surface area contributed by atoms with Gasteiger partial charge in [0.25, 0.3) is 5.91 Å². The number of halogens is 1. The highest BCUT2D eigenvalue weighted by Crippen LogP contribution is 2.22. The van der Waals surface area contributed by atoms with Crippen LogP contribution in [0.5, 0.6) is 0 Å². The molecule has 1 atom stereocenters. The molecule has 0 aliphatic heterocycles. The average molecular weight is 382 g/mol. The number of thiophene rings is 1. The molecule has 1 amide bonds. The summed E-state index contributed by atoms with van der Waals surface area (Å²) < 4.78 is 6.00. The van der Waals surface area contributed by atoms with Gasteiger partial charge in [-0.1, -0.05) is 30.3 Å². The van der Waals surface area contributed by atoms with Crippen molar-refractivity contribution in [2.45, 2.75) is 19.4 Å². The van der Waals surface area contributed by atoms with Gasteiger partial charge < -0.3 is 10.1 Å². The standard InChI is InChI=1S/C16H16BrNO3S/c1-11(21-16(20)13-7-8-14(17)22-13)15(19)18-10-9-12-5-3-2-4-6-12/h2-8,11H,9-10H2,1H3,(H,18,19). The molecule has 0 saturated heterocycles. The van der Waals surface area contributed by atoms with E-state index in [9.17, 15) is 9.59 Å². The van der Waals surface area contributed by atoms with Crippen LogP contribution < -0.4 is 5.32 Å². The van der Waals surface area contributed by atoms with Crippen LogP contribution in [-0.4, -0.2) is 24.5 Å². The van der Waals surface area contributed by atoms with E-state index in [1.54, 1.807) is 19.1 Å². The number of amides is 1. The Morgan fingerprint density at radius 3 is 2.59 bits per heavy atom. The Morgan fingerprint density at radius 1 is 1.23 bits per heavy atom. The van der Waals surface area contributed by atoms with Gasteiger partial charge in [-0.2, -0.15) is 0 Å². The molecule has 6 heteroatoms. The van der Waals surface area contributed by atoms with Crippen molar-refractivity contribution in [1.82, 2.24) is 5.32 Å². The second kappa shape index (κ2) is 8.10. The summed E-state index contributed by atoms with van der Waals surface area (Å²) in [6.45, 7) is 2.08. The van der Waals surface area contributed by atoms with Crippen LogP contribution in [0.2, 0.25) is 0 Å². The molecule has 0 spiro atoms. The molecule has 1 aromatic heterocycles. The van der Waals surface area contributed by atoms with Crippen LogP contribution in [0.1, 0.15) is 22.2 Å². The first-order chi connectivity index (χ1) is 10.6. The van der Waals surface area contributed by atoms with Gasteiger partial charge in [0.05, 0.1) is 3.79 Å². The van der Waals surface area contributed by atoms with Crippen molar-refractivity contribution in [3.8, 4) is 0 Å². The van der Waals surface area contributed by atoms with E-state index >= 15 is 0 Å². The lowest BCUT2D eigenvalue weighted by Gasteiger charge is -2.13. The number of carbonyl (C=O) groups excluding carboxylic acids is 2. The van der Waals surface area contributed by atoms with Crippen molar-refractivity contribution in [2.24, 2.45) is 0 Å². The predicted molar refractivity (Wildman–Crippen MR) is 90.1 cm³/mol. The summed E-state index contributed by atoms with van der Waals surface area (Å²) >= 11 is 4.56. The van der Waals surface area contributed by atoms with Gasteiger partial charge in [-0.25, -0.2) is 4.79 Å². The van der Waals surface area contributed by atoms with Crippen LogP contribution in [-0.2, 0) is 16.0 Å². The molecule has 2 rings (SSSR count). The summed E-state index contributed by atoms with van der Waals surface area (Å²) in [5, 5.41) is 2.77. The maximum atomic E-state index is 11.9. The van der Waals surface area contributed by atoms with E-state index in [1.807, 2.05) is 30.3 Å². The molecule has 4 nitrogen and oxygen atoms in total. The van der Waals surface area contributed by atoms with Crippen molar-refractivity contribution in [3.63, 3.8) is 0 Å². The number of nitrogens with one attached hydrogen (secondary N) is 1. The smallest absolute Gasteiger partial charge is 0.349 e. The molecule has 2 aromatic rings. The predicted octanol–water partition coefficient (Wildman–Crippen LogP) is 3.41. The molecule has 0 aliphatic rings. The minimum Gasteiger partial charge on any atom is -0.448 e. The summed E-state index contributed by atoms with van der Waals surface area (Å²) in [5.74, 6) is -0.777. The fourth-order valence-corrected chi connectivity index (χ4v) is 3.08. The molecular formula is C16H16BrNO3S. The zero-order chi connectivity index (χ0) is 15.9. The Bertz CT molecular complexity index is 642. The molecule has 0 radical (unpaired) electrons. The molecule has 1 heterocycles. The van der Waals surface area contributed by atoms with Crippen molar-refractivity contribution >= 4 is 39.1 Å². The van der Waals surface area contributed by atoms with Crippen molar-refractivity contribution in [2.75, 3.05) is 6.54 Å². The highest BCUT2D eigenvalue weighted by molar-refractivity contribution is 9.11. The first-order valence-corrected chi connectivity index (χ1v) is 8.45. The highest BCUT2D eigenvalue weighted by atomic mass is 79.9. The lowest BCUT2D eigenvalue weighted by Crippen LogP contribution is -2.36. The lowest BCUT2D eigenvalue weighted by molar-refractivity contribution is -0.129. The van der Waals surface area contributed by atoms with Crippen molar-refractivity contribution < 1.29 is 14.3 Å². The summed E-state index contributed by atoms with van der Waals surface area (Å²) in [6.07, 6.45) is -0.0744. The third kappa shape index (κ3) is 4.96. The Kier molecular flexibility index (Phi) is 6.15. The zero-order valence-electron chi connectivity index (χ0n) is 12.0. The largest absolute Gasteiger partial charge is 0.448 e. The van der Waals surface area contributed by atoms with Crippen LogP contribution >= 0.6 is 27.3 Å². The summed E-state index contributed by atoms with van der Waals surface area (Å²) in [5.41, 5.74) is 1.15. The van der Waals surface area contributed by atoms with E-state index in [1.165, 1.54) is 11.3 Å². The second-order valence-electron chi connectivity index (χ2n) is 4.68. The van der Waals surface area contributed by atoms with Crippen LogP contribution in [0.25, 0.3) is 0 Å². The summed E-state index contributed by atoms with van der Waals surface area (Å²) in [6, 6.07) is 13.3. The molecule has 22 heavy (non-hydrogen) atoms. The average Bonchev–Trinajstić information content (AvgIpc) is 2.95. The number of hydrogen-bond acceptors (Lipinski definition) is 4. The van der Waals surface area contributed by atoms with Crippen LogP contribution in [0.15, 0.2) is 46.3 Å². The third-order valence-electron chi connectivity index (χ3n) is 2.98. The topological polar surface area (TPSA) is 55.4 Å². The first-order valence-electron chi connectivity index (χ1n) is 6.84. The van der Waals surface area contributed by atoms with Gasteiger partial charge in [0.2, 0.25) is 0 Å². The van der Waals surface area contributed by atoms with Crippen molar-refractivity contribution in [1.29, 1.82) is 0 Å². The van der Waals surface area contributed by atoms with E-state index in [0.29, 0.717) is 11.4 Å². The normalized spacial score (nSPS) is 11.7. The van der Waals surface area contributed by atoms with Gasteiger partial charge >= 0.3 is 5.97 Å². The van der Waals surface area contributed by atoms with Gasteiger partial charge in [-0.3, -0.25) is 4.79 Å². The minimum atomic E-state index is -0.816. The van der Waals surface area contributed by atoms with Gasteiger partial charge in [0.15, 0.2) is 6.10 Å². The molecular weight excluding hydrogens is 366 g/mol. The molecule has 0 aliphatic carbocycles. The summed E-state index contributed by atoms with van der Waals surface area (Å²) in [7, 11) is 0. The maximum absolute atomic E-state index is 11.9. The lowest BCUT2D eigenvalue weighted by atomic mass is 10.1. The van der Waals surface area contributed by atoms with Crippen LogP contribution in [0.4, 0.5) is 0 Å². The minimum absolute atomic E-state index is 0.292. The van der Waals surface area contributed by atoms with E-state index in [0.717, 1.165) is 15.8 Å². The Morgan fingerprint density at radius 2 is 1.95 bits per heavy atom. The molecule has 0 bridgehead atoms. The number of ether oxygens (including phenoxy) is 1. The van der Waals surface area contributed by atoms with Gasteiger partial charge in [0.1, 0.15) is 4.88 Å². The number of rotatable bonds is 6. The number of esters is 1. The Balaban J connectivity index is 1.76. The quantitative estimate of drug-likeness (QED) is 0.779. The van der Waals surface area contributed by atoms with Crippen LogP contribution in [0.3, 0.4) is 0 Å². The van der Waals surface area contributed by atoms with Crippen molar-refractivity contribution in [3.05, 3.63) is 56.7 Å². The van der Waals surface area contributed by atoms with E-state index in [4.69, 9.17) is 4.74 Å².